The third-order valence-corrected chi connectivity index (χ3v) is 3.90. The minimum Gasteiger partial charge on any atom is -0.452 e. The van der Waals surface area contributed by atoms with Gasteiger partial charge in [-0.2, -0.15) is 0 Å². The molecule has 3 rings (SSSR count). The normalized spacial score (nSPS) is 10.9. The Hall–Kier alpha value is -1.58. The quantitative estimate of drug-likeness (QED) is 0.581. The van der Waals surface area contributed by atoms with E-state index in [1.807, 2.05) is 19.1 Å². The Morgan fingerprint density at radius 3 is 2.70 bits per heavy atom. The number of rotatable bonds is 2. The number of ketones is 1. The predicted octanol–water partition coefficient (Wildman–Crippen LogP) is 5.39. The lowest BCUT2D eigenvalue weighted by molar-refractivity contribution is 0.101. The van der Waals surface area contributed by atoms with Gasteiger partial charge in [0.05, 0.1) is 5.02 Å². The second kappa shape index (κ2) is 5.08. The summed E-state index contributed by atoms with van der Waals surface area (Å²) in [7, 11) is 0. The van der Waals surface area contributed by atoms with Crippen LogP contribution >= 0.6 is 27.5 Å². The fraction of sp³-hybridized carbons (Fsp3) is 0.0625. The van der Waals surface area contributed by atoms with E-state index >= 15 is 0 Å². The van der Waals surface area contributed by atoms with Crippen molar-refractivity contribution in [2.75, 3.05) is 0 Å². The maximum absolute atomic E-state index is 12.4. The molecular formula is C16H10BrClO2. The summed E-state index contributed by atoms with van der Waals surface area (Å²) >= 11 is 9.49. The van der Waals surface area contributed by atoms with Crippen LogP contribution in [0.15, 0.2) is 51.4 Å². The standard InChI is InChI=1S/C16H10BrClO2/c1-9-6-11(17)7-10-8-14(20-16(9)10)15(19)12-4-2-3-5-13(12)18/h2-8H,1H3. The van der Waals surface area contributed by atoms with Crippen LogP contribution in [0.25, 0.3) is 11.0 Å². The van der Waals surface area contributed by atoms with Crippen LogP contribution in [0.4, 0.5) is 0 Å². The van der Waals surface area contributed by atoms with Crippen molar-refractivity contribution in [3.05, 3.63) is 68.8 Å². The molecule has 0 saturated carbocycles. The molecule has 0 amide bonds. The van der Waals surface area contributed by atoms with Crippen molar-refractivity contribution in [2.24, 2.45) is 0 Å². The number of halogens is 2. The van der Waals surface area contributed by atoms with Gasteiger partial charge in [-0.05, 0) is 42.8 Å². The molecule has 0 aliphatic carbocycles. The van der Waals surface area contributed by atoms with Crippen LogP contribution < -0.4 is 0 Å². The first-order chi connectivity index (χ1) is 9.56. The van der Waals surface area contributed by atoms with E-state index in [1.165, 1.54) is 0 Å². The Bertz CT molecular complexity index is 820. The van der Waals surface area contributed by atoms with Gasteiger partial charge in [0.25, 0.3) is 0 Å². The molecular weight excluding hydrogens is 340 g/mol. The van der Waals surface area contributed by atoms with Gasteiger partial charge in [0, 0.05) is 15.4 Å². The van der Waals surface area contributed by atoms with Gasteiger partial charge < -0.3 is 4.42 Å². The average molecular weight is 350 g/mol. The zero-order valence-corrected chi connectivity index (χ0v) is 13.0. The summed E-state index contributed by atoms with van der Waals surface area (Å²) in [6.45, 7) is 1.94. The number of hydrogen-bond donors (Lipinski definition) is 0. The summed E-state index contributed by atoms with van der Waals surface area (Å²) in [6, 6.07) is 12.6. The molecule has 1 aromatic heterocycles. The second-order valence-electron chi connectivity index (χ2n) is 4.56. The molecule has 0 unspecified atom stereocenters. The Balaban J connectivity index is 2.14. The summed E-state index contributed by atoms with van der Waals surface area (Å²) in [6.07, 6.45) is 0. The summed E-state index contributed by atoms with van der Waals surface area (Å²) in [5.74, 6) is 0.0941. The molecule has 0 spiro atoms. The topological polar surface area (TPSA) is 30.2 Å². The van der Waals surface area contributed by atoms with E-state index in [4.69, 9.17) is 16.0 Å². The molecule has 0 N–H and O–H groups in total. The highest BCUT2D eigenvalue weighted by atomic mass is 79.9. The third-order valence-electron chi connectivity index (χ3n) is 3.11. The Labute approximate surface area is 129 Å². The number of aryl methyl sites for hydroxylation is 1. The van der Waals surface area contributed by atoms with E-state index < -0.39 is 0 Å². The van der Waals surface area contributed by atoms with Gasteiger partial charge in [-0.15, -0.1) is 0 Å². The summed E-state index contributed by atoms with van der Waals surface area (Å²) < 4.78 is 6.65. The largest absolute Gasteiger partial charge is 0.452 e. The van der Waals surface area contributed by atoms with Crippen LogP contribution in [-0.2, 0) is 0 Å². The van der Waals surface area contributed by atoms with Crippen LogP contribution in [-0.4, -0.2) is 5.78 Å². The van der Waals surface area contributed by atoms with Crippen molar-refractivity contribution in [1.82, 2.24) is 0 Å². The van der Waals surface area contributed by atoms with E-state index in [9.17, 15) is 4.79 Å². The van der Waals surface area contributed by atoms with Gasteiger partial charge in [-0.25, -0.2) is 0 Å². The number of hydrogen-bond acceptors (Lipinski definition) is 2. The maximum atomic E-state index is 12.4. The van der Waals surface area contributed by atoms with Crippen LogP contribution in [0.5, 0.6) is 0 Å². The molecule has 4 heteroatoms. The first-order valence-electron chi connectivity index (χ1n) is 6.05. The lowest BCUT2D eigenvalue weighted by Gasteiger charge is -1.99. The Kier molecular flexibility index (Phi) is 3.40. The fourth-order valence-electron chi connectivity index (χ4n) is 2.17. The Morgan fingerprint density at radius 1 is 1.20 bits per heavy atom. The van der Waals surface area contributed by atoms with Crippen molar-refractivity contribution in [3.8, 4) is 0 Å². The molecule has 3 aromatic rings. The SMILES string of the molecule is Cc1cc(Br)cc2cc(C(=O)c3ccccc3Cl)oc12. The predicted molar refractivity (Wildman–Crippen MR) is 83.5 cm³/mol. The zero-order chi connectivity index (χ0) is 14.3. The van der Waals surface area contributed by atoms with E-state index in [1.54, 1.807) is 30.3 Å². The summed E-state index contributed by atoms with van der Waals surface area (Å²) in [4.78, 5) is 12.4. The lowest BCUT2D eigenvalue weighted by Crippen LogP contribution is -1.99. The number of carbonyl (C=O) groups excluding carboxylic acids is 1. The molecule has 0 bridgehead atoms. The van der Waals surface area contributed by atoms with Crippen molar-refractivity contribution >= 4 is 44.3 Å². The number of fused-ring (bicyclic) bond motifs is 1. The molecule has 0 atom stereocenters. The van der Waals surface area contributed by atoms with Crippen molar-refractivity contribution in [2.45, 2.75) is 6.92 Å². The fourth-order valence-corrected chi connectivity index (χ4v) is 2.98. The highest BCUT2D eigenvalue weighted by molar-refractivity contribution is 9.10. The number of furan rings is 1. The van der Waals surface area contributed by atoms with Crippen molar-refractivity contribution in [3.63, 3.8) is 0 Å². The molecule has 2 nitrogen and oxygen atoms in total. The van der Waals surface area contributed by atoms with Crippen LogP contribution in [0.3, 0.4) is 0 Å². The molecule has 100 valence electrons. The maximum Gasteiger partial charge on any atom is 0.229 e. The van der Waals surface area contributed by atoms with E-state index in [2.05, 4.69) is 15.9 Å². The summed E-state index contributed by atoms with van der Waals surface area (Å²) in [5, 5.41) is 1.32. The second-order valence-corrected chi connectivity index (χ2v) is 5.88. The highest BCUT2D eigenvalue weighted by Crippen LogP contribution is 2.29. The Morgan fingerprint density at radius 2 is 1.95 bits per heavy atom. The lowest BCUT2D eigenvalue weighted by atomic mass is 10.1. The molecule has 0 fully saturated rings. The smallest absolute Gasteiger partial charge is 0.229 e. The molecule has 2 aromatic carbocycles. The minimum absolute atomic E-state index is 0.206. The highest BCUT2D eigenvalue weighted by Gasteiger charge is 2.17. The molecule has 0 aliphatic rings. The van der Waals surface area contributed by atoms with Crippen LogP contribution in [0.1, 0.15) is 21.7 Å². The molecule has 0 radical (unpaired) electrons. The van der Waals surface area contributed by atoms with E-state index in [-0.39, 0.29) is 5.78 Å². The zero-order valence-electron chi connectivity index (χ0n) is 10.6. The van der Waals surface area contributed by atoms with Crippen molar-refractivity contribution in [1.29, 1.82) is 0 Å². The van der Waals surface area contributed by atoms with Gasteiger partial charge in [0.15, 0.2) is 5.76 Å². The summed E-state index contributed by atoms with van der Waals surface area (Å²) in [5.41, 5.74) is 2.15. The van der Waals surface area contributed by atoms with Crippen LogP contribution in [0, 0.1) is 6.92 Å². The molecule has 1 heterocycles. The average Bonchev–Trinajstić information content (AvgIpc) is 2.82. The van der Waals surface area contributed by atoms with Gasteiger partial charge in [0.1, 0.15) is 5.58 Å². The monoisotopic (exact) mass is 348 g/mol. The molecule has 20 heavy (non-hydrogen) atoms. The minimum atomic E-state index is -0.206. The third kappa shape index (κ3) is 2.28. The first kappa shape index (κ1) is 13.4. The van der Waals surface area contributed by atoms with Crippen LogP contribution in [0.2, 0.25) is 5.02 Å². The van der Waals surface area contributed by atoms with E-state index in [0.717, 1.165) is 21.0 Å². The molecule has 0 aliphatic heterocycles. The number of carbonyl (C=O) groups is 1. The number of benzene rings is 2. The van der Waals surface area contributed by atoms with Gasteiger partial charge >= 0.3 is 0 Å². The van der Waals surface area contributed by atoms with Gasteiger partial charge in [0.2, 0.25) is 5.78 Å². The molecule has 0 saturated heterocycles. The van der Waals surface area contributed by atoms with Gasteiger partial charge in [-0.1, -0.05) is 39.7 Å². The van der Waals surface area contributed by atoms with Crippen molar-refractivity contribution < 1.29 is 9.21 Å². The van der Waals surface area contributed by atoms with Gasteiger partial charge in [-0.3, -0.25) is 4.79 Å². The first-order valence-corrected chi connectivity index (χ1v) is 7.22. The van der Waals surface area contributed by atoms with E-state index in [0.29, 0.717) is 16.3 Å².